The molecule has 0 aliphatic rings. The number of pyridine rings is 1. The van der Waals surface area contributed by atoms with E-state index in [9.17, 15) is 10.1 Å². The van der Waals surface area contributed by atoms with Crippen LogP contribution in [0.1, 0.15) is 5.69 Å². The number of halogens is 1. The van der Waals surface area contributed by atoms with E-state index in [1.54, 1.807) is 16.5 Å². The Labute approximate surface area is 87.7 Å². The zero-order valence-electron chi connectivity index (χ0n) is 7.27. The van der Waals surface area contributed by atoms with Crippen molar-refractivity contribution in [1.29, 1.82) is 0 Å². The van der Waals surface area contributed by atoms with Crippen molar-refractivity contribution in [1.82, 2.24) is 9.38 Å². The minimum absolute atomic E-state index is 0.124. The molecule has 0 saturated carbocycles. The van der Waals surface area contributed by atoms with Crippen LogP contribution in [0, 0.1) is 17.0 Å². The highest BCUT2D eigenvalue weighted by atomic mass is 79.9. The van der Waals surface area contributed by atoms with Crippen molar-refractivity contribution in [2.24, 2.45) is 0 Å². The Hall–Kier alpha value is -1.43. The van der Waals surface area contributed by atoms with E-state index < -0.39 is 4.92 Å². The Balaban J connectivity index is 2.91. The molecule has 2 aromatic rings. The summed E-state index contributed by atoms with van der Waals surface area (Å²) in [5, 5.41) is 10.6. The number of imidazole rings is 1. The molecule has 0 aromatic carbocycles. The molecule has 0 atom stereocenters. The van der Waals surface area contributed by atoms with E-state index in [2.05, 4.69) is 20.9 Å². The predicted molar refractivity (Wildman–Crippen MR) is 54.3 cm³/mol. The van der Waals surface area contributed by atoms with Crippen LogP contribution in [0.2, 0.25) is 0 Å². The second kappa shape index (κ2) is 3.06. The number of aromatic nitrogens is 2. The van der Waals surface area contributed by atoms with E-state index in [1.807, 2.05) is 13.0 Å². The highest BCUT2D eigenvalue weighted by molar-refractivity contribution is 9.10. The van der Waals surface area contributed by atoms with Gasteiger partial charge in [0.1, 0.15) is 5.52 Å². The van der Waals surface area contributed by atoms with Crippen molar-refractivity contribution >= 4 is 27.3 Å². The molecule has 0 bridgehead atoms. The van der Waals surface area contributed by atoms with Crippen LogP contribution in [0.15, 0.2) is 22.9 Å². The fourth-order valence-corrected chi connectivity index (χ4v) is 2.00. The van der Waals surface area contributed by atoms with Gasteiger partial charge >= 0.3 is 5.82 Å². The first kappa shape index (κ1) is 9.14. The van der Waals surface area contributed by atoms with Crippen LogP contribution >= 0.6 is 15.9 Å². The van der Waals surface area contributed by atoms with Gasteiger partial charge in [-0.25, -0.2) is 0 Å². The fourth-order valence-electron chi connectivity index (χ4n) is 1.37. The summed E-state index contributed by atoms with van der Waals surface area (Å²) in [5.41, 5.74) is 1.40. The summed E-state index contributed by atoms with van der Waals surface area (Å²) < 4.78 is 2.15. The maximum absolute atomic E-state index is 10.6. The molecule has 14 heavy (non-hydrogen) atoms. The third kappa shape index (κ3) is 1.19. The van der Waals surface area contributed by atoms with E-state index in [-0.39, 0.29) is 5.82 Å². The largest absolute Gasteiger partial charge is 0.390 e. The first-order valence-corrected chi connectivity index (χ1v) is 4.68. The maximum Gasteiger partial charge on any atom is 0.390 e. The van der Waals surface area contributed by atoms with Gasteiger partial charge in [0.05, 0.1) is 0 Å². The van der Waals surface area contributed by atoms with Crippen molar-refractivity contribution < 1.29 is 4.92 Å². The van der Waals surface area contributed by atoms with Gasteiger partial charge in [-0.2, -0.15) is 0 Å². The van der Waals surface area contributed by atoms with Gasteiger partial charge in [0, 0.05) is 21.6 Å². The van der Waals surface area contributed by atoms with Gasteiger partial charge in [0.15, 0.2) is 0 Å². The van der Waals surface area contributed by atoms with Gasteiger partial charge in [-0.3, -0.25) is 4.40 Å². The van der Waals surface area contributed by atoms with E-state index in [0.717, 1.165) is 5.69 Å². The lowest BCUT2D eigenvalue weighted by Gasteiger charge is -1.97. The molecular formula is C8H6BrN3O2. The summed E-state index contributed by atoms with van der Waals surface area (Å²) in [5.74, 6) is -0.124. The zero-order valence-corrected chi connectivity index (χ0v) is 8.85. The van der Waals surface area contributed by atoms with Crippen LogP contribution in [0.3, 0.4) is 0 Å². The minimum atomic E-state index is -0.487. The van der Waals surface area contributed by atoms with E-state index in [1.165, 1.54) is 0 Å². The highest BCUT2D eigenvalue weighted by Crippen LogP contribution is 2.24. The monoisotopic (exact) mass is 255 g/mol. The second-order valence-electron chi connectivity index (χ2n) is 2.85. The molecule has 6 heteroatoms. The average molecular weight is 256 g/mol. The predicted octanol–water partition coefficient (Wildman–Crippen LogP) is 2.31. The number of fused-ring (bicyclic) bond motifs is 1. The van der Waals surface area contributed by atoms with Gasteiger partial charge in [-0.15, -0.1) is 0 Å². The van der Waals surface area contributed by atoms with Gasteiger partial charge in [-0.05, 0) is 29.0 Å². The molecule has 2 aromatic heterocycles. The fraction of sp³-hybridized carbons (Fsp3) is 0.125. The van der Waals surface area contributed by atoms with E-state index in [0.29, 0.717) is 10.3 Å². The van der Waals surface area contributed by atoms with Gasteiger partial charge in [-0.1, -0.05) is 6.07 Å². The van der Waals surface area contributed by atoms with Crippen molar-refractivity contribution in [3.05, 3.63) is 38.7 Å². The topological polar surface area (TPSA) is 60.4 Å². The third-order valence-electron chi connectivity index (χ3n) is 1.97. The molecule has 0 amide bonds. The highest BCUT2D eigenvalue weighted by Gasteiger charge is 2.20. The summed E-state index contributed by atoms with van der Waals surface area (Å²) in [4.78, 5) is 14.0. The molecule has 0 fully saturated rings. The molecule has 5 nitrogen and oxygen atoms in total. The molecule has 0 radical (unpaired) electrons. The van der Waals surface area contributed by atoms with Crippen LogP contribution in [-0.4, -0.2) is 14.3 Å². The normalized spacial score (nSPS) is 10.7. The standard InChI is InChI=1S/C8H6BrN3O2/c1-5-3-2-4-6-7(12(13)14)10-8(9)11(5)6/h2-4H,1H3. The minimum Gasteiger partial charge on any atom is -0.358 e. The van der Waals surface area contributed by atoms with E-state index >= 15 is 0 Å². The van der Waals surface area contributed by atoms with Crippen LogP contribution in [0.4, 0.5) is 5.82 Å². The molecule has 0 saturated heterocycles. The molecule has 0 aliphatic carbocycles. The number of hydrogen-bond acceptors (Lipinski definition) is 3. The van der Waals surface area contributed by atoms with Gasteiger partial charge in [0.25, 0.3) is 4.73 Å². The van der Waals surface area contributed by atoms with Crippen molar-refractivity contribution in [3.8, 4) is 0 Å². The SMILES string of the molecule is Cc1cccc2c([N+](=O)[O-])nc(Br)n12. The number of rotatable bonds is 1. The quantitative estimate of drug-likeness (QED) is 0.581. The summed E-state index contributed by atoms with van der Waals surface area (Å²) in [6, 6.07) is 5.30. The zero-order chi connectivity index (χ0) is 10.3. The Kier molecular flexibility index (Phi) is 1.99. The molecule has 2 heterocycles. The third-order valence-corrected chi connectivity index (χ3v) is 2.50. The van der Waals surface area contributed by atoms with E-state index in [4.69, 9.17) is 0 Å². The number of nitrogens with zero attached hydrogens (tertiary/aromatic N) is 3. The Morgan fingerprint density at radius 1 is 1.57 bits per heavy atom. The van der Waals surface area contributed by atoms with Gasteiger partial charge < -0.3 is 10.1 Å². The molecule has 0 aliphatic heterocycles. The maximum atomic E-state index is 10.6. The average Bonchev–Trinajstić information content (AvgIpc) is 2.45. The van der Waals surface area contributed by atoms with Crippen LogP contribution in [-0.2, 0) is 0 Å². The lowest BCUT2D eigenvalue weighted by atomic mass is 10.3. The first-order chi connectivity index (χ1) is 6.61. The van der Waals surface area contributed by atoms with Crippen LogP contribution < -0.4 is 0 Å². The lowest BCUT2D eigenvalue weighted by Crippen LogP contribution is -1.91. The molecule has 72 valence electrons. The number of hydrogen-bond donors (Lipinski definition) is 0. The molecule has 0 unspecified atom stereocenters. The van der Waals surface area contributed by atoms with Gasteiger partial charge in [0.2, 0.25) is 0 Å². The van der Waals surface area contributed by atoms with Crippen molar-refractivity contribution in [2.45, 2.75) is 6.92 Å². The molecular weight excluding hydrogens is 250 g/mol. The summed E-state index contributed by atoms with van der Waals surface area (Å²) in [6.45, 7) is 1.86. The molecule has 0 spiro atoms. The Morgan fingerprint density at radius 2 is 2.29 bits per heavy atom. The van der Waals surface area contributed by atoms with Crippen LogP contribution in [0.5, 0.6) is 0 Å². The lowest BCUT2D eigenvalue weighted by molar-refractivity contribution is -0.387. The van der Waals surface area contributed by atoms with Crippen molar-refractivity contribution in [2.75, 3.05) is 0 Å². The number of aryl methyl sites for hydroxylation is 1. The Bertz CT molecular complexity index is 521. The summed E-state index contributed by atoms with van der Waals surface area (Å²) in [6.07, 6.45) is 0. The summed E-state index contributed by atoms with van der Waals surface area (Å²) >= 11 is 3.18. The summed E-state index contributed by atoms with van der Waals surface area (Å²) in [7, 11) is 0. The number of nitro groups is 1. The Morgan fingerprint density at radius 3 is 2.93 bits per heavy atom. The molecule has 2 rings (SSSR count). The first-order valence-electron chi connectivity index (χ1n) is 3.89. The molecule has 0 N–H and O–H groups in total. The smallest absolute Gasteiger partial charge is 0.358 e. The second-order valence-corrected chi connectivity index (χ2v) is 3.56. The van der Waals surface area contributed by atoms with Crippen LogP contribution in [0.25, 0.3) is 5.52 Å². The van der Waals surface area contributed by atoms with Crippen molar-refractivity contribution in [3.63, 3.8) is 0 Å².